The Balaban J connectivity index is -0.000000577. The smallest absolute Gasteiger partial charge is 0.0757 e. The molecule has 0 saturated carbocycles. The van der Waals surface area contributed by atoms with E-state index in [1.54, 1.807) is 36.4 Å². The van der Waals surface area contributed by atoms with Crippen LogP contribution in [-0.4, -0.2) is 76.7 Å². The van der Waals surface area contributed by atoms with Crippen molar-refractivity contribution in [2.24, 2.45) is 0 Å². The third-order valence-electron chi connectivity index (χ3n) is 9.48. The molecule has 3 aromatic rings. The van der Waals surface area contributed by atoms with Crippen LogP contribution >= 0.6 is 37.9 Å². The Morgan fingerprint density at radius 3 is 0.712 bits per heavy atom. The molecule has 12 heteroatoms. The van der Waals surface area contributed by atoms with Gasteiger partial charge in [0.25, 0.3) is 0 Å². The predicted molar refractivity (Wildman–Crippen MR) is 235 cm³/mol. The van der Waals surface area contributed by atoms with Crippen molar-refractivity contribution in [3.05, 3.63) is 88.0 Å². The number of benzene rings is 3. The zero-order valence-corrected chi connectivity index (χ0v) is 40.1. The topological polar surface area (TPSA) is 51.2 Å². The van der Waals surface area contributed by atoms with E-state index >= 15 is 0 Å². The fourth-order valence-electron chi connectivity index (χ4n) is 5.12. The quantitative estimate of drug-likeness (QED) is 0.0772. The molecule has 0 N–H and O–H groups in total. The number of hydrogen-bond donors (Lipinski definition) is 3. The molecule has 0 amide bonds. The van der Waals surface area contributed by atoms with Gasteiger partial charge >= 0.3 is 0 Å². The van der Waals surface area contributed by atoms with E-state index in [1.807, 2.05) is 39.0 Å². The minimum Gasteiger partial charge on any atom is -0.737 e. The first-order valence-electron chi connectivity index (χ1n) is 17.5. The van der Waals surface area contributed by atoms with Crippen LogP contribution in [0.4, 0.5) is 0 Å². The van der Waals surface area contributed by atoms with Crippen molar-refractivity contribution < 1.29 is 44.4 Å². The summed E-state index contributed by atoms with van der Waals surface area (Å²) < 4.78 is 2.56. The molecule has 292 valence electrons. The van der Waals surface area contributed by atoms with Crippen molar-refractivity contribution in [1.82, 2.24) is 0 Å². The van der Waals surface area contributed by atoms with Gasteiger partial charge in [-0.1, -0.05) is 34.9 Å². The standard InChI is InChI=1S/2C8H20N.3C8H8OS2.Mo/c2*1-5-9(6-2,7-3)8-4;3*1-5-2-3-7(10)6(4-5)8(9)11;/h2*5-8H2,1-4H3;3*2-4,10H,1H3,(H,9,11);/q2*+1;;;;/p-3. The summed E-state index contributed by atoms with van der Waals surface area (Å²) in [5.41, 5.74) is 4.62. The fourth-order valence-corrected chi connectivity index (χ4v) is 6.58. The molecule has 0 aliphatic carbocycles. The summed E-state index contributed by atoms with van der Waals surface area (Å²) in [5, 5.41) is -1.05. The van der Waals surface area contributed by atoms with Crippen LogP contribution in [0.2, 0.25) is 0 Å². The molecule has 0 spiro atoms. The minimum atomic E-state index is -0.348. The van der Waals surface area contributed by atoms with Crippen LogP contribution in [0.1, 0.15) is 103 Å². The Bertz CT molecular complexity index is 1310. The van der Waals surface area contributed by atoms with Gasteiger partial charge in [-0.2, -0.15) is 0 Å². The van der Waals surface area contributed by atoms with Crippen molar-refractivity contribution in [2.45, 2.75) is 90.8 Å². The maximum atomic E-state index is 10.8. The van der Waals surface area contributed by atoms with Gasteiger partial charge in [-0.15, -0.1) is 37.9 Å². The van der Waals surface area contributed by atoms with Gasteiger partial charge in [0.15, 0.2) is 0 Å². The molecule has 0 saturated heterocycles. The van der Waals surface area contributed by atoms with E-state index in [1.165, 1.54) is 61.3 Å². The number of carbonyl (C=O) groups excluding carboxylic acids is 3. The van der Waals surface area contributed by atoms with Crippen molar-refractivity contribution in [3.8, 4) is 0 Å². The number of carbonyl (C=O) groups is 3. The first kappa shape index (κ1) is 55.3. The van der Waals surface area contributed by atoms with Crippen LogP contribution in [0.15, 0.2) is 69.3 Å². The van der Waals surface area contributed by atoms with E-state index in [2.05, 4.69) is 131 Å². The summed E-state index contributed by atoms with van der Waals surface area (Å²) >= 11 is 25.8. The van der Waals surface area contributed by atoms with E-state index < -0.39 is 0 Å². The molecule has 0 aromatic heterocycles. The van der Waals surface area contributed by atoms with Gasteiger partial charge < -0.3 is 61.2 Å². The number of quaternary nitrogens is 2. The maximum absolute atomic E-state index is 10.8. The second kappa shape index (κ2) is 29.3. The molecule has 0 heterocycles. The molecule has 0 aliphatic rings. The number of aryl methyl sites for hydroxylation is 3. The van der Waals surface area contributed by atoms with Gasteiger partial charge in [-0.05, 0) is 113 Å². The fraction of sp³-hybridized carbons (Fsp3) is 0.475. The number of nitrogens with zero attached hydrogens (tertiary/aromatic N) is 2. The van der Waals surface area contributed by atoms with Crippen molar-refractivity contribution in [2.75, 3.05) is 52.4 Å². The van der Waals surface area contributed by atoms with Crippen LogP contribution in [0.3, 0.4) is 0 Å². The number of hydrogen-bond acceptors (Lipinski definition) is 9. The predicted octanol–water partition coefficient (Wildman–Crippen LogP) is 9.68. The summed E-state index contributed by atoms with van der Waals surface area (Å²) in [6.45, 7) is 34.2. The number of thiol groups is 3. The molecular formula is C40H61MoN2O3S6-. The van der Waals surface area contributed by atoms with Crippen LogP contribution < -0.4 is 0 Å². The minimum absolute atomic E-state index is 0. The Morgan fingerprint density at radius 2 is 0.615 bits per heavy atom. The summed E-state index contributed by atoms with van der Waals surface area (Å²) in [4.78, 5) is 34.3. The summed E-state index contributed by atoms with van der Waals surface area (Å²) in [6, 6.07) is 16.2. The zero-order valence-electron chi connectivity index (χ0n) is 32.9. The monoisotopic (exact) mass is 907 g/mol. The van der Waals surface area contributed by atoms with Crippen LogP contribution in [0.5, 0.6) is 0 Å². The Kier molecular flexibility index (Phi) is 31.2. The third-order valence-corrected chi connectivity index (χ3v) is 11.3. The molecule has 52 heavy (non-hydrogen) atoms. The van der Waals surface area contributed by atoms with Crippen molar-refractivity contribution in [1.29, 1.82) is 0 Å². The summed E-state index contributed by atoms with van der Waals surface area (Å²) in [7, 11) is 0. The molecule has 0 bridgehead atoms. The Morgan fingerprint density at radius 1 is 0.442 bits per heavy atom. The average Bonchev–Trinajstić information content (AvgIpc) is 3.11. The first-order chi connectivity index (χ1) is 23.8. The molecule has 0 radical (unpaired) electrons. The first-order valence-corrected chi connectivity index (χ1v) is 20.1. The maximum Gasteiger partial charge on any atom is 0.0757 e. The molecule has 0 unspecified atom stereocenters. The van der Waals surface area contributed by atoms with Crippen molar-refractivity contribution in [3.63, 3.8) is 0 Å². The molecule has 0 aliphatic heterocycles. The van der Waals surface area contributed by atoms with E-state index in [4.69, 9.17) is 0 Å². The van der Waals surface area contributed by atoms with Gasteiger partial charge in [0.1, 0.15) is 0 Å². The summed E-state index contributed by atoms with van der Waals surface area (Å²) in [6.07, 6.45) is 0. The SMILES string of the molecule is CC[N+](CC)(CC)CC.CC[N+](CC)(CC)CC.Cc1ccc(S)c(C(=O)[S-])c1.Cc1ccc(S)c(C(=O)[S-])c1.Cc1ccc(S)c(C(=O)[S-])c1.[Mo]. The van der Waals surface area contributed by atoms with Crippen molar-refractivity contribution >= 4 is 91.1 Å². The molecule has 3 aromatic carbocycles. The summed E-state index contributed by atoms with van der Waals surface area (Å²) in [5.74, 6) is 0. The normalized spacial score (nSPS) is 10.3. The third kappa shape index (κ3) is 20.6. The van der Waals surface area contributed by atoms with Gasteiger partial charge in [0.2, 0.25) is 0 Å². The van der Waals surface area contributed by atoms with Gasteiger partial charge in [0, 0.05) is 67.8 Å². The number of rotatable bonds is 11. The van der Waals surface area contributed by atoms with Crippen LogP contribution in [0, 0.1) is 20.8 Å². The zero-order chi connectivity index (χ0) is 39.9. The average molecular weight is 906 g/mol. The molecule has 0 fully saturated rings. The Hall–Kier alpha value is -1.01. The van der Waals surface area contributed by atoms with E-state index in [-0.39, 0.29) is 36.4 Å². The van der Waals surface area contributed by atoms with E-state index in [0.717, 1.165) is 16.7 Å². The molecule has 0 atom stereocenters. The molecular weight excluding hydrogens is 845 g/mol. The van der Waals surface area contributed by atoms with Gasteiger partial charge in [-0.3, -0.25) is 0 Å². The van der Waals surface area contributed by atoms with Gasteiger partial charge in [-0.25, -0.2) is 0 Å². The van der Waals surface area contributed by atoms with E-state index in [0.29, 0.717) is 31.4 Å². The second-order valence-corrected chi connectivity index (χ2v) is 14.7. The Labute approximate surface area is 363 Å². The van der Waals surface area contributed by atoms with E-state index in [9.17, 15) is 14.4 Å². The second-order valence-electron chi connectivity index (χ2n) is 12.1. The van der Waals surface area contributed by atoms with Crippen LogP contribution in [0.25, 0.3) is 0 Å². The largest absolute Gasteiger partial charge is 0.737 e. The molecule has 3 rings (SSSR count). The van der Waals surface area contributed by atoms with Crippen LogP contribution in [-0.2, 0) is 59.0 Å². The van der Waals surface area contributed by atoms with Gasteiger partial charge in [0.05, 0.1) is 52.4 Å². The molecule has 5 nitrogen and oxygen atoms in total.